The average molecular weight is 557 g/mol. The number of amides is 2. The molecule has 1 unspecified atom stereocenters. The topological polar surface area (TPSA) is 96.4 Å². The van der Waals surface area contributed by atoms with Crippen LogP contribution in [0.2, 0.25) is 0 Å². The minimum absolute atomic E-state index is 0.245. The highest BCUT2D eigenvalue weighted by atomic mass is 16.6. The van der Waals surface area contributed by atoms with Gasteiger partial charge in [-0.1, -0.05) is 66.8 Å². The summed E-state index contributed by atoms with van der Waals surface area (Å²) in [6.07, 6.45) is 8.88. The van der Waals surface area contributed by atoms with Gasteiger partial charge in [0.05, 0.1) is 30.8 Å². The third-order valence-corrected chi connectivity index (χ3v) is 9.04. The third kappa shape index (κ3) is 4.23. The van der Waals surface area contributed by atoms with Crippen molar-refractivity contribution in [3.8, 4) is 0 Å². The van der Waals surface area contributed by atoms with Crippen LogP contribution in [0, 0.1) is 25.7 Å². The van der Waals surface area contributed by atoms with Crippen molar-refractivity contribution in [1.82, 2.24) is 4.90 Å². The molecule has 0 aromatic heterocycles. The average Bonchev–Trinajstić information content (AvgIpc) is 3.31. The molecule has 0 saturated carbocycles. The maximum absolute atomic E-state index is 14.8. The van der Waals surface area contributed by atoms with Gasteiger partial charge in [-0.2, -0.15) is 0 Å². The summed E-state index contributed by atoms with van der Waals surface area (Å²) in [6, 6.07) is 13.2. The van der Waals surface area contributed by atoms with Crippen LogP contribution in [0.4, 0.5) is 5.69 Å². The highest BCUT2D eigenvalue weighted by Gasteiger charge is 2.75. The summed E-state index contributed by atoms with van der Waals surface area (Å²) >= 11 is 0. The number of cyclic esters (lactones) is 1. The zero-order valence-corrected chi connectivity index (χ0v) is 23.7. The van der Waals surface area contributed by atoms with Crippen molar-refractivity contribution in [3.63, 3.8) is 0 Å². The first-order valence-corrected chi connectivity index (χ1v) is 14.3. The standard InChI is InChI=1S/C33H36N2O6/c1-21-13-14-22(2)24(19-21)34-17-10-16-33-26(27-31(39)40-18-9-5-8-15-32(27,3)41-33)29(37)35(28(33)30(34)38)25(20-36)23-11-6-4-7-12-23/h4,6-8,10-16,19,25-28,36H,5,9,17-18,20H2,1-3H3/b15-8-/t25-,26+,27+,28?,32-,33+/m1/s1. The molecule has 0 bridgehead atoms. The Balaban J connectivity index is 1.55. The van der Waals surface area contributed by atoms with Crippen LogP contribution in [-0.4, -0.2) is 64.8 Å². The molecule has 4 heterocycles. The summed E-state index contributed by atoms with van der Waals surface area (Å²) in [6.45, 7) is 5.84. The minimum atomic E-state index is -1.44. The van der Waals surface area contributed by atoms with Gasteiger partial charge in [0.1, 0.15) is 17.6 Å². The number of allylic oxidation sites excluding steroid dienone is 1. The van der Waals surface area contributed by atoms with E-state index in [4.69, 9.17) is 9.47 Å². The van der Waals surface area contributed by atoms with E-state index in [1.807, 2.05) is 86.7 Å². The van der Waals surface area contributed by atoms with Crippen molar-refractivity contribution in [1.29, 1.82) is 0 Å². The lowest BCUT2D eigenvalue weighted by molar-refractivity contribution is -0.159. The third-order valence-electron chi connectivity index (χ3n) is 9.04. The van der Waals surface area contributed by atoms with Gasteiger partial charge in [-0.3, -0.25) is 14.4 Å². The van der Waals surface area contributed by atoms with Gasteiger partial charge in [-0.15, -0.1) is 0 Å². The monoisotopic (exact) mass is 556 g/mol. The Bertz CT molecular complexity index is 1440. The Labute approximate surface area is 240 Å². The number of carbonyl (C=O) groups excluding carboxylic acids is 3. The fourth-order valence-electron chi connectivity index (χ4n) is 7.17. The number of aliphatic hydroxyl groups excluding tert-OH is 1. The van der Waals surface area contributed by atoms with Gasteiger partial charge in [-0.05, 0) is 56.4 Å². The number of fused-ring (bicyclic) bond motifs is 2. The first-order valence-electron chi connectivity index (χ1n) is 14.3. The van der Waals surface area contributed by atoms with Crippen molar-refractivity contribution in [2.24, 2.45) is 11.8 Å². The molecule has 214 valence electrons. The summed E-state index contributed by atoms with van der Waals surface area (Å²) in [5.74, 6) is -3.20. The molecular formula is C33H36N2O6. The van der Waals surface area contributed by atoms with Gasteiger partial charge < -0.3 is 24.4 Å². The molecule has 8 heteroatoms. The molecule has 1 spiro atoms. The molecule has 4 aliphatic heterocycles. The van der Waals surface area contributed by atoms with E-state index < -0.39 is 53.6 Å². The Morgan fingerprint density at radius 2 is 1.78 bits per heavy atom. The second-order valence-corrected chi connectivity index (χ2v) is 11.7. The molecule has 0 radical (unpaired) electrons. The molecule has 2 saturated heterocycles. The van der Waals surface area contributed by atoms with Crippen LogP contribution >= 0.6 is 0 Å². The number of anilines is 1. The number of nitrogens with zero attached hydrogens (tertiary/aromatic N) is 2. The molecule has 6 rings (SSSR count). The van der Waals surface area contributed by atoms with E-state index in [9.17, 15) is 19.5 Å². The number of hydrogen-bond acceptors (Lipinski definition) is 6. The fraction of sp³-hybridized carbons (Fsp3) is 0.424. The van der Waals surface area contributed by atoms with Crippen LogP contribution in [0.15, 0.2) is 72.8 Å². The summed E-state index contributed by atoms with van der Waals surface area (Å²) in [5, 5.41) is 10.7. The number of aryl methyl sites for hydroxylation is 2. The molecule has 2 amide bonds. The first-order chi connectivity index (χ1) is 19.7. The van der Waals surface area contributed by atoms with E-state index in [0.717, 1.165) is 16.8 Å². The number of hydrogen-bond donors (Lipinski definition) is 1. The number of likely N-dealkylation sites (tertiary alicyclic amines) is 1. The van der Waals surface area contributed by atoms with Crippen LogP contribution in [0.3, 0.4) is 0 Å². The number of ether oxygens (including phenoxy) is 2. The smallest absolute Gasteiger partial charge is 0.313 e. The van der Waals surface area contributed by atoms with Crippen molar-refractivity contribution in [2.45, 2.75) is 56.9 Å². The second kappa shape index (κ2) is 10.3. The van der Waals surface area contributed by atoms with E-state index in [0.29, 0.717) is 18.4 Å². The zero-order chi connectivity index (χ0) is 28.9. The van der Waals surface area contributed by atoms with Gasteiger partial charge in [0.15, 0.2) is 0 Å². The van der Waals surface area contributed by atoms with Crippen molar-refractivity contribution >= 4 is 23.5 Å². The van der Waals surface area contributed by atoms with Crippen LogP contribution < -0.4 is 4.90 Å². The van der Waals surface area contributed by atoms with Gasteiger partial charge in [0.25, 0.3) is 5.91 Å². The summed E-state index contributed by atoms with van der Waals surface area (Å²) in [5.41, 5.74) is 0.767. The summed E-state index contributed by atoms with van der Waals surface area (Å²) in [7, 11) is 0. The Hall–Kier alpha value is -3.75. The number of esters is 1. The van der Waals surface area contributed by atoms with Gasteiger partial charge in [-0.25, -0.2) is 0 Å². The van der Waals surface area contributed by atoms with Crippen molar-refractivity contribution in [2.75, 3.05) is 24.7 Å². The maximum Gasteiger partial charge on any atom is 0.313 e. The predicted molar refractivity (Wildman–Crippen MR) is 153 cm³/mol. The lowest BCUT2D eigenvalue weighted by atomic mass is 9.74. The Kier molecular flexibility index (Phi) is 6.86. The molecule has 1 N–H and O–H groups in total. The van der Waals surface area contributed by atoms with E-state index in [2.05, 4.69) is 0 Å². The van der Waals surface area contributed by atoms with Crippen molar-refractivity contribution < 1.29 is 29.0 Å². The minimum Gasteiger partial charge on any atom is -0.465 e. The number of carbonyl (C=O) groups is 3. The molecule has 2 fully saturated rings. The van der Waals surface area contributed by atoms with E-state index in [1.165, 1.54) is 4.90 Å². The lowest BCUT2D eigenvalue weighted by Gasteiger charge is -2.40. The highest BCUT2D eigenvalue weighted by Crippen LogP contribution is 2.58. The van der Waals surface area contributed by atoms with E-state index in [1.54, 1.807) is 11.8 Å². The maximum atomic E-state index is 14.8. The van der Waals surface area contributed by atoms with E-state index >= 15 is 0 Å². The number of aliphatic hydroxyl groups is 1. The Morgan fingerprint density at radius 1 is 1.00 bits per heavy atom. The first kappa shape index (κ1) is 27.4. The molecule has 41 heavy (non-hydrogen) atoms. The normalized spacial score (nSPS) is 32.7. The van der Waals surface area contributed by atoms with Crippen LogP contribution in [0.25, 0.3) is 0 Å². The van der Waals surface area contributed by atoms with Crippen LogP contribution in [0.5, 0.6) is 0 Å². The van der Waals surface area contributed by atoms with Crippen LogP contribution in [0.1, 0.15) is 42.5 Å². The SMILES string of the molecule is Cc1ccc(C)c(N2CC=C[C@]34O[C@]5(C)/C=C\CCCOC(=O)[C@@H]5[C@H]3C(=O)N([C@H](CO)c3ccccc3)C4C2=O)c1. The Morgan fingerprint density at radius 3 is 2.54 bits per heavy atom. The molecule has 2 aromatic rings. The van der Waals surface area contributed by atoms with Gasteiger partial charge in [0.2, 0.25) is 5.91 Å². The quantitative estimate of drug-likeness (QED) is 0.455. The van der Waals surface area contributed by atoms with Crippen molar-refractivity contribution in [3.05, 3.63) is 89.5 Å². The molecule has 4 aliphatic rings. The van der Waals surface area contributed by atoms with Crippen LogP contribution in [-0.2, 0) is 23.9 Å². The molecule has 8 nitrogen and oxygen atoms in total. The molecule has 2 aromatic carbocycles. The number of benzene rings is 2. The zero-order valence-electron chi connectivity index (χ0n) is 23.7. The summed E-state index contributed by atoms with van der Waals surface area (Å²) < 4.78 is 12.5. The molecular weight excluding hydrogens is 520 g/mol. The largest absolute Gasteiger partial charge is 0.465 e. The predicted octanol–water partition coefficient (Wildman–Crippen LogP) is 3.80. The molecule has 6 atom stereocenters. The fourth-order valence-corrected chi connectivity index (χ4v) is 7.17. The summed E-state index contributed by atoms with van der Waals surface area (Å²) in [4.78, 5) is 46.3. The highest BCUT2D eigenvalue weighted by molar-refractivity contribution is 6.06. The van der Waals surface area contributed by atoms with E-state index in [-0.39, 0.29) is 19.1 Å². The van der Waals surface area contributed by atoms with Gasteiger partial charge >= 0.3 is 5.97 Å². The number of rotatable bonds is 4. The second-order valence-electron chi connectivity index (χ2n) is 11.7. The van der Waals surface area contributed by atoms with Gasteiger partial charge in [0, 0.05) is 12.2 Å². The lowest BCUT2D eigenvalue weighted by Crippen LogP contribution is -2.57. The molecule has 0 aliphatic carbocycles.